The third-order valence-corrected chi connectivity index (χ3v) is 4.33. The molecule has 0 bridgehead atoms. The molecule has 27 heavy (non-hydrogen) atoms. The van der Waals surface area contributed by atoms with Crippen molar-refractivity contribution in [1.82, 2.24) is 0 Å². The fourth-order valence-corrected chi connectivity index (χ4v) is 2.95. The van der Waals surface area contributed by atoms with Gasteiger partial charge >= 0.3 is 5.97 Å². The average molecular weight is 391 g/mol. The molecule has 3 rings (SSSR count). The summed E-state index contributed by atoms with van der Waals surface area (Å²) in [7, 11) is 0. The van der Waals surface area contributed by atoms with Crippen molar-refractivity contribution in [3.8, 4) is 0 Å². The van der Waals surface area contributed by atoms with Crippen LogP contribution < -0.4 is 10.2 Å². The van der Waals surface area contributed by atoms with Crippen molar-refractivity contribution >= 4 is 40.8 Å². The number of hydrogen-bond acceptors (Lipinski definition) is 4. The fraction of sp³-hybridized carbons (Fsp3) is 0.211. The van der Waals surface area contributed by atoms with Gasteiger partial charge in [0, 0.05) is 24.3 Å². The molecular weight excluding hydrogens is 375 g/mol. The molecule has 1 fully saturated rings. The molecule has 1 aliphatic heterocycles. The summed E-state index contributed by atoms with van der Waals surface area (Å²) in [5.41, 5.74) is 1.25. The van der Waals surface area contributed by atoms with Gasteiger partial charge in [-0.1, -0.05) is 11.6 Å². The Labute approximate surface area is 159 Å². The maximum Gasteiger partial charge on any atom is 0.340 e. The first-order valence-electron chi connectivity index (χ1n) is 8.26. The van der Waals surface area contributed by atoms with Crippen molar-refractivity contribution in [2.45, 2.75) is 12.8 Å². The zero-order chi connectivity index (χ0) is 19.4. The normalized spacial score (nSPS) is 13.6. The lowest BCUT2D eigenvalue weighted by Crippen LogP contribution is -2.24. The summed E-state index contributed by atoms with van der Waals surface area (Å²) in [6, 6.07) is 10.1. The van der Waals surface area contributed by atoms with E-state index in [2.05, 4.69) is 5.32 Å². The highest BCUT2D eigenvalue weighted by Crippen LogP contribution is 2.23. The number of carbonyl (C=O) groups is 3. The molecule has 0 radical (unpaired) electrons. The number of ether oxygens (including phenoxy) is 1. The summed E-state index contributed by atoms with van der Waals surface area (Å²) in [4.78, 5) is 37.3. The number of hydrogen-bond donors (Lipinski definition) is 1. The van der Waals surface area contributed by atoms with Gasteiger partial charge in [-0.05, 0) is 48.9 Å². The second kappa shape index (κ2) is 8.18. The van der Waals surface area contributed by atoms with Crippen LogP contribution in [0.2, 0.25) is 5.02 Å². The second-order valence-corrected chi connectivity index (χ2v) is 6.35. The molecule has 1 aliphatic rings. The van der Waals surface area contributed by atoms with E-state index >= 15 is 0 Å². The van der Waals surface area contributed by atoms with Crippen molar-refractivity contribution in [3.05, 3.63) is 58.9 Å². The molecule has 140 valence electrons. The van der Waals surface area contributed by atoms with Crippen molar-refractivity contribution in [1.29, 1.82) is 0 Å². The lowest BCUT2D eigenvalue weighted by molar-refractivity contribution is -0.119. The minimum absolute atomic E-state index is 0.0227. The van der Waals surface area contributed by atoms with Crippen LogP contribution in [0.3, 0.4) is 0 Å². The SMILES string of the molecule is O=C(COC(=O)c1ccc(F)cc1Cl)Nc1ccc(N2CCCC2=O)cc1. The van der Waals surface area contributed by atoms with Gasteiger partial charge in [0.25, 0.3) is 5.91 Å². The van der Waals surface area contributed by atoms with Crippen molar-refractivity contribution in [2.24, 2.45) is 0 Å². The quantitative estimate of drug-likeness (QED) is 0.794. The van der Waals surface area contributed by atoms with E-state index in [4.69, 9.17) is 16.3 Å². The Morgan fingerprint density at radius 1 is 1.19 bits per heavy atom. The largest absolute Gasteiger partial charge is 0.452 e. The molecule has 6 nitrogen and oxygen atoms in total. The molecule has 2 aromatic rings. The number of benzene rings is 2. The summed E-state index contributed by atoms with van der Waals surface area (Å²) >= 11 is 5.78. The molecule has 0 spiro atoms. The van der Waals surface area contributed by atoms with Gasteiger partial charge in [0.2, 0.25) is 5.91 Å². The van der Waals surface area contributed by atoms with Gasteiger partial charge in [0.05, 0.1) is 10.6 Å². The van der Waals surface area contributed by atoms with E-state index in [0.29, 0.717) is 18.7 Å². The van der Waals surface area contributed by atoms with Crippen LogP contribution in [-0.2, 0) is 14.3 Å². The smallest absolute Gasteiger partial charge is 0.340 e. The molecule has 0 aromatic heterocycles. The minimum Gasteiger partial charge on any atom is -0.452 e. The Bertz CT molecular complexity index is 886. The molecule has 1 heterocycles. The van der Waals surface area contributed by atoms with Crippen LogP contribution in [0.4, 0.5) is 15.8 Å². The summed E-state index contributed by atoms with van der Waals surface area (Å²) in [5, 5.41) is 2.50. The number of anilines is 2. The maximum absolute atomic E-state index is 13.0. The topological polar surface area (TPSA) is 75.7 Å². The highest BCUT2D eigenvalue weighted by atomic mass is 35.5. The third-order valence-electron chi connectivity index (χ3n) is 4.02. The number of nitrogens with one attached hydrogen (secondary N) is 1. The summed E-state index contributed by atoms with van der Waals surface area (Å²) in [5.74, 6) is -1.85. The van der Waals surface area contributed by atoms with E-state index in [9.17, 15) is 18.8 Å². The number of esters is 1. The van der Waals surface area contributed by atoms with E-state index in [-0.39, 0.29) is 16.5 Å². The molecule has 0 unspecified atom stereocenters. The lowest BCUT2D eigenvalue weighted by atomic mass is 10.2. The Morgan fingerprint density at radius 2 is 1.93 bits per heavy atom. The Morgan fingerprint density at radius 3 is 2.56 bits per heavy atom. The lowest BCUT2D eigenvalue weighted by Gasteiger charge is -2.16. The fourth-order valence-electron chi connectivity index (χ4n) is 2.71. The van der Waals surface area contributed by atoms with E-state index in [1.165, 1.54) is 6.07 Å². The van der Waals surface area contributed by atoms with E-state index in [1.807, 2.05) is 0 Å². The van der Waals surface area contributed by atoms with Crippen LogP contribution in [0.25, 0.3) is 0 Å². The molecule has 0 aliphatic carbocycles. The molecule has 1 saturated heterocycles. The third kappa shape index (κ3) is 4.62. The summed E-state index contributed by atoms with van der Waals surface area (Å²) in [6.45, 7) is 0.172. The molecule has 8 heteroatoms. The first-order chi connectivity index (χ1) is 12.9. The number of carbonyl (C=O) groups excluding carboxylic acids is 3. The van der Waals surface area contributed by atoms with E-state index < -0.39 is 24.3 Å². The van der Waals surface area contributed by atoms with E-state index in [1.54, 1.807) is 29.2 Å². The molecular formula is C19H16ClFN2O4. The van der Waals surface area contributed by atoms with Crippen LogP contribution >= 0.6 is 11.6 Å². The van der Waals surface area contributed by atoms with E-state index in [0.717, 1.165) is 24.2 Å². The predicted octanol–water partition coefficient (Wildman–Crippen LogP) is 3.40. The number of nitrogens with zero attached hydrogens (tertiary/aromatic N) is 1. The second-order valence-electron chi connectivity index (χ2n) is 5.94. The first kappa shape index (κ1) is 18.8. The first-order valence-corrected chi connectivity index (χ1v) is 8.64. The maximum atomic E-state index is 13.0. The zero-order valence-corrected chi connectivity index (χ0v) is 15.0. The number of rotatable bonds is 5. The average Bonchev–Trinajstić information content (AvgIpc) is 3.06. The highest BCUT2D eigenvalue weighted by Gasteiger charge is 2.21. The summed E-state index contributed by atoms with van der Waals surface area (Å²) in [6.07, 6.45) is 1.38. The standard InChI is InChI=1S/C19H16ClFN2O4/c20-16-10-12(21)3-8-15(16)19(26)27-11-17(24)22-13-4-6-14(7-5-13)23-9-1-2-18(23)25/h3-8,10H,1-2,9,11H2,(H,22,24). The van der Waals surface area contributed by atoms with Crippen LogP contribution in [0.5, 0.6) is 0 Å². The van der Waals surface area contributed by atoms with Gasteiger partial charge in [0.15, 0.2) is 6.61 Å². The number of halogens is 2. The predicted molar refractivity (Wildman–Crippen MR) is 98.4 cm³/mol. The molecule has 2 amide bonds. The van der Waals surface area contributed by atoms with Crippen molar-refractivity contribution in [2.75, 3.05) is 23.4 Å². The van der Waals surface area contributed by atoms with Crippen molar-refractivity contribution < 1.29 is 23.5 Å². The van der Waals surface area contributed by atoms with Crippen LogP contribution in [0.1, 0.15) is 23.2 Å². The van der Waals surface area contributed by atoms with Gasteiger partial charge in [-0.25, -0.2) is 9.18 Å². The van der Waals surface area contributed by atoms with Gasteiger partial charge in [-0.15, -0.1) is 0 Å². The molecule has 2 aromatic carbocycles. The van der Waals surface area contributed by atoms with Gasteiger partial charge in [-0.3, -0.25) is 9.59 Å². The minimum atomic E-state index is -0.821. The van der Waals surface area contributed by atoms with Crippen molar-refractivity contribution in [3.63, 3.8) is 0 Å². The van der Waals surface area contributed by atoms with Crippen LogP contribution in [0.15, 0.2) is 42.5 Å². The Kier molecular flexibility index (Phi) is 5.71. The molecule has 0 saturated carbocycles. The number of amides is 2. The summed E-state index contributed by atoms with van der Waals surface area (Å²) < 4.78 is 17.9. The monoisotopic (exact) mass is 390 g/mol. The van der Waals surface area contributed by atoms with Crippen LogP contribution in [0, 0.1) is 5.82 Å². The molecule has 0 atom stereocenters. The van der Waals surface area contributed by atoms with Gasteiger partial charge in [0.1, 0.15) is 5.82 Å². The van der Waals surface area contributed by atoms with Gasteiger partial charge in [-0.2, -0.15) is 0 Å². The highest BCUT2D eigenvalue weighted by molar-refractivity contribution is 6.33. The zero-order valence-electron chi connectivity index (χ0n) is 14.2. The molecule has 1 N–H and O–H groups in total. The van der Waals surface area contributed by atoms with Crippen LogP contribution in [-0.4, -0.2) is 30.9 Å². The Hall–Kier alpha value is -2.93. The Balaban J connectivity index is 1.53. The van der Waals surface area contributed by atoms with Gasteiger partial charge < -0.3 is 15.0 Å².